The van der Waals surface area contributed by atoms with Crippen LogP contribution in [-0.2, 0) is 0 Å². The molecule has 0 saturated heterocycles. The molecule has 0 bridgehead atoms. The average Bonchev–Trinajstić information content (AvgIpc) is 2.32. The number of benzene rings is 2. The minimum Gasteiger partial charge on any atom is -0.319 e. The molecule has 4 heteroatoms. The van der Waals surface area contributed by atoms with Crippen molar-refractivity contribution in [3.63, 3.8) is 0 Å². The van der Waals surface area contributed by atoms with Gasteiger partial charge < -0.3 is 5.32 Å². The van der Waals surface area contributed by atoms with Gasteiger partial charge in [0.1, 0.15) is 5.82 Å². The van der Waals surface area contributed by atoms with Crippen LogP contribution >= 0.6 is 15.9 Å². The normalized spacial score (nSPS) is 10.0. The smallest absolute Gasteiger partial charge is 0.255 e. The van der Waals surface area contributed by atoms with E-state index in [0.29, 0.717) is 5.56 Å². The Morgan fingerprint density at radius 3 is 2.59 bits per heavy atom. The fraction of sp³-hybridized carbons (Fsp3) is 0. The van der Waals surface area contributed by atoms with Crippen LogP contribution in [0.5, 0.6) is 0 Å². The van der Waals surface area contributed by atoms with Crippen molar-refractivity contribution in [1.29, 1.82) is 0 Å². The van der Waals surface area contributed by atoms with Crippen molar-refractivity contribution >= 4 is 27.5 Å². The summed E-state index contributed by atoms with van der Waals surface area (Å²) in [6.45, 7) is 0. The van der Waals surface area contributed by atoms with Crippen molar-refractivity contribution in [3.05, 3.63) is 64.4 Å². The third-order valence-corrected chi connectivity index (χ3v) is 2.70. The highest BCUT2D eigenvalue weighted by atomic mass is 79.9. The second-order valence-corrected chi connectivity index (χ2v) is 4.36. The Balaban J connectivity index is 2.20. The lowest BCUT2D eigenvalue weighted by atomic mass is 10.2. The molecule has 2 aromatic rings. The van der Waals surface area contributed by atoms with E-state index in [1.807, 2.05) is 6.07 Å². The Morgan fingerprint density at radius 2 is 1.88 bits per heavy atom. The molecule has 0 unspecified atom stereocenters. The standard InChI is InChI=1S/C13H9BrFNO/c14-10-5-3-4-9(8-10)13(17)16-12-7-2-1-6-11(12)15/h1-8H,(H,16,17). The molecule has 0 spiro atoms. The first-order valence-corrected chi connectivity index (χ1v) is 5.77. The van der Waals surface area contributed by atoms with Crippen LogP contribution in [-0.4, -0.2) is 5.91 Å². The molecule has 1 N–H and O–H groups in total. The number of hydrogen-bond acceptors (Lipinski definition) is 1. The maximum absolute atomic E-state index is 13.3. The molecule has 0 aliphatic heterocycles. The van der Waals surface area contributed by atoms with E-state index >= 15 is 0 Å². The number of halogens is 2. The lowest BCUT2D eigenvalue weighted by Gasteiger charge is -2.06. The van der Waals surface area contributed by atoms with Crippen LogP contribution in [0.2, 0.25) is 0 Å². The molecular weight excluding hydrogens is 285 g/mol. The predicted octanol–water partition coefficient (Wildman–Crippen LogP) is 3.84. The van der Waals surface area contributed by atoms with Gasteiger partial charge in [-0.05, 0) is 30.3 Å². The Labute approximate surface area is 107 Å². The van der Waals surface area contributed by atoms with Gasteiger partial charge in [0.05, 0.1) is 5.69 Å². The zero-order chi connectivity index (χ0) is 12.3. The highest BCUT2D eigenvalue weighted by molar-refractivity contribution is 9.10. The molecule has 0 radical (unpaired) electrons. The fourth-order valence-corrected chi connectivity index (χ4v) is 1.79. The molecule has 0 heterocycles. The third kappa shape index (κ3) is 2.91. The quantitative estimate of drug-likeness (QED) is 0.895. The topological polar surface area (TPSA) is 29.1 Å². The summed E-state index contributed by atoms with van der Waals surface area (Å²) in [5, 5.41) is 2.52. The number of carbonyl (C=O) groups is 1. The van der Waals surface area contributed by atoms with Crippen LogP contribution in [0.4, 0.5) is 10.1 Å². The van der Waals surface area contributed by atoms with Crippen LogP contribution in [0.3, 0.4) is 0 Å². The Morgan fingerprint density at radius 1 is 1.12 bits per heavy atom. The van der Waals surface area contributed by atoms with E-state index in [1.54, 1.807) is 30.3 Å². The van der Waals surface area contributed by atoms with Crippen LogP contribution < -0.4 is 5.32 Å². The molecule has 0 aliphatic carbocycles. The number of nitrogens with one attached hydrogen (secondary N) is 1. The van der Waals surface area contributed by atoms with E-state index in [2.05, 4.69) is 21.2 Å². The summed E-state index contributed by atoms with van der Waals surface area (Å²) < 4.78 is 14.1. The molecule has 17 heavy (non-hydrogen) atoms. The fourth-order valence-electron chi connectivity index (χ4n) is 1.39. The lowest BCUT2D eigenvalue weighted by molar-refractivity contribution is 0.102. The monoisotopic (exact) mass is 293 g/mol. The van der Waals surface area contributed by atoms with E-state index in [1.165, 1.54) is 12.1 Å². The van der Waals surface area contributed by atoms with Crippen LogP contribution in [0.25, 0.3) is 0 Å². The van der Waals surface area contributed by atoms with Crippen LogP contribution in [0.15, 0.2) is 53.0 Å². The minimum absolute atomic E-state index is 0.178. The number of carbonyl (C=O) groups excluding carboxylic acids is 1. The summed E-state index contributed by atoms with van der Waals surface area (Å²) in [6.07, 6.45) is 0. The maximum atomic E-state index is 13.3. The van der Waals surface area contributed by atoms with Crippen molar-refractivity contribution in [3.8, 4) is 0 Å². The van der Waals surface area contributed by atoms with Crippen LogP contribution in [0.1, 0.15) is 10.4 Å². The zero-order valence-electron chi connectivity index (χ0n) is 8.78. The summed E-state index contributed by atoms with van der Waals surface area (Å²) in [7, 11) is 0. The molecule has 0 atom stereocenters. The molecule has 86 valence electrons. The van der Waals surface area contributed by atoms with Crippen molar-refractivity contribution in [1.82, 2.24) is 0 Å². The molecule has 2 rings (SSSR count). The molecule has 0 saturated carbocycles. The van der Waals surface area contributed by atoms with E-state index in [9.17, 15) is 9.18 Å². The molecule has 2 nitrogen and oxygen atoms in total. The van der Waals surface area contributed by atoms with Gasteiger partial charge in [0.15, 0.2) is 0 Å². The highest BCUT2D eigenvalue weighted by Crippen LogP contribution is 2.16. The van der Waals surface area contributed by atoms with E-state index in [-0.39, 0.29) is 11.6 Å². The SMILES string of the molecule is O=C(Nc1ccccc1F)c1cccc(Br)c1. The van der Waals surface area contributed by atoms with Gasteiger partial charge in [0.2, 0.25) is 0 Å². The second kappa shape index (κ2) is 5.10. The van der Waals surface area contributed by atoms with Gasteiger partial charge in [-0.2, -0.15) is 0 Å². The van der Waals surface area contributed by atoms with Gasteiger partial charge in [0, 0.05) is 10.0 Å². The first-order valence-electron chi connectivity index (χ1n) is 4.98. The van der Waals surface area contributed by atoms with Crippen molar-refractivity contribution in [2.45, 2.75) is 0 Å². The first-order chi connectivity index (χ1) is 8.16. The van der Waals surface area contributed by atoms with Crippen molar-refractivity contribution in [2.24, 2.45) is 0 Å². The molecule has 0 aliphatic rings. The van der Waals surface area contributed by atoms with Gasteiger partial charge in [-0.1, -0.05) is 34.1 Å². The molecular formula is C13H9BrFNO. The summed E-state index contributed by atoms with van der Waals surface area (Å²) >= 11 is 3.28. The number of hydrogen-bond donors (Lipinski definition) is 1. The zero-order valence-corrected chi connectivity index (χ0v) is 10.4. The lowest BCUT2D eigenvalue weighted by Crippen LogP contribution is -2.12. The molecule has 2 aromatic carbocycles. The number of rotatable bonds is 2. The third-order valence-electron chi connectivity index (χ3n) is 2.21. The van der Waals surface area contributed by atoms with E-state index in [4.69, 9.17) is 0 Å². The average molecular weight is 294 g/mol. The summed E-state index contributed by atoms with van der Waals surface area (Å²) in [6, 6.07) is 13.0. The summed E-state index contributed by atoms with van der Waals surface area (Å²) in [5.74, 6) is -0.785. The Bertz CT molecular complexity index is 557. The molecule has 1 amide bonds. The van der Waals surface area contributed by atoms with Gasteiger partial charge >= 0.3 is 0 Å². The first kappa shape index (κ1) is 11.8. The Kier molecular flexibility index (Phi) is 3.54. The second-order valence-electron chi connectivity index (χ2n) is 3.44. The summed E-state index contributed by atoms with van der Waals surface area (Å²) in [5.41, 5.74) is 0.653. The molecule has 0 aromatic heterocycles. The van der Waals surface area contributed by atoms with Gasteiger partial charge in [-0.15, -0.1) is 0 Å². The molecule has 0 fully saturated rings. The number of para-hydroxylation sites is 1. The maximum Gasteiger partial charge on any atom is 0.255 e. The van der Waals surface area contributed by atoms with Crippen LogP contribution in [0, 0.1) is 5.82 Å². The highest BCUT2D eigenvalue weighted by Gasteiger charge is 2.08. The van der Waals surface area contributed by atoms with Crippen molar-refractivity contribution in [2.75, 3.05) is 5.32 Å². The summed E-state index contributed by atoms with van der Waals surface area (Å²) in [4.78, 5) is 11.8. The number of amides is 1. The van der Waals surface area contributed by atoms with E-state index < -0.39 is 5.82 Å². The Hall–Kier alpha value is -1.68. The predicted molar refractivity (Wildman–Crippen MR) is 68.5 cm³/mol. The number of anilines is 1. The van der Waals surface area contributed by atoms with Crippen molar-refractivity contribution < 1.29 is 9.18 Å². The van der Waals surface area contributed by atoms with Gasteiger partial charge in [-0.25, -0.2) is 4.39 Å². The van der Waals surface area contributed by atoms with E-state index in [0.717, 1.165) is 4.47 Å². The largest absolute Gasteiger partial charge is 0.319 e. The van der Waals surface area contributed by atoms with Gasteiger partial charge in [0.25, 0.3) is 5.91 Å². The minimum atomic E-state index is -0.448. The van der Waals surface area contributed by atoms with Gasteiger partial charge in [-0.3, -0.25) is 4.79 Å².